The maximum atomic E-state index is 13.2. The number of urea groups is 1. The molecule has 1 N–H and O–H groups in total. The molecule has 0 saturated heterocycles. The van der Waals surface area contributed by atoms with Crippen LogP contribution in [-0.2, 0) is 6.54 Å². The van der Waals surface area contributed by atoms with Crippen molar-refractivity contribution in [2.45, 2.75) is 51.1 Å². The molecule has 0 spiro atoms. The zero-order valence-electron chi connectivity index (χ0n) is 16.7. The summed E-state index contributed by atoms with van der Waals surface area (Å²) in [7, 11) is 4.03. The third-order valence-corrected chi connectivity index (χ3v) is 5.65. The molecule has 3 rings (SSSR count). The van der Waals surface area contributed by atoms with Gasteiger partial charge in [-0.25, -0.2) is 4.79 Å². The molecule has 2 amide bonds. The molecule has 2 aromatic carbocycles. The number of rotatable bonds is 5. The standard InChI is InChI=1S/C23H31N3O/c1-23(16-8-5-9-17-23)26(18-19-10-6-4-7-11-19)22(27)24-20-12-14-21(15-13-20)25(2)3/h4,6-7,10-15H,5,8-9,16-18H2,1-3H3,(H,24,27). The summed E-state index contributed by atoms with van der Waals surface area (Å²) in [5, 5.41) is 3.12. The second kappa shape index (κ2) is 8.47. The largest absolute Gasteiger partial charge is 0.378 e. The van der Waals surface area contributed by atoms with Gasteiger partial charge in [-0.1, -0.05) is 49.6 Å². The Morgan fingerprint density at radius 2 is 1.59 bits per heavy atom. The average molecular weight is 366 g/mol. The average Bonchev–Trinajstić information content (AvgIpc) is 2.67. The summed E-state index contributed by atoms with van der Waals surface area (Å²) >= 11 is 0. The van der Waals surface area contributed by atoms with Crippen LogP contribution in [0.4, 0.5) is 16.2 Å². The van der Waals surface area contributed by atoms with Gasteiger partial charge in [0.25, 0.3) is 0 Å². The third-order valence-electron chi connectivity index (χ3n) is 5.65. The smallest absolute Gasteiger partial charge is 0.322 e. The molecule has 0 aliphatic heterocycles. The summed E-state index contributed by atoms with van der Waals surface area (Å²) in [5.74, 6) is 0. The van der Waals surface area contributed by atoms with Crippen molar-refractivity contribution in [3.05, 3.63) is 60.2 Å². The van der Waals surface area contributed by atoms with Gasteiger partial charge in [-0.05, 0) is 49.6 Å². The number of benzene rings is 2. The van der Waals surface area contributed by atoms with E-state index in [1.165, 1.54) is 24.8 Å². The first kappa shape index (κ1) is 19.3. The predicted molar refractivity (Wildman–Crippen MR) is 113 cm³/mol. The molecule has 0 radical (unpaired) electrons. The lowest BCUT2D eigenvalue weighted by atomic mass is 9.81. The van der Waals surface area contributed by atoms with Gasteiger partial charge in [-0.3, -0.25) is 0 Å². The zero-order valence-corrected chi connectivity index (χ0v) is 16.7. The molecule has 1 saturated carbocycles. The predicted octanol–water partition coefficient (Wildman–Crippen LogP) is 5.51. The Balaban J connectivity index is 1.79. The molecule has 0 heterocycles. The minimum absolute atomic E-state index is 0.0131. The normalized spacial score (nSPS) is 15.8. The van der Waals surface area contributed by atoms with Crippen molar-refractivity contribution < 1.29 is 4.79 Å². The molecular weight excluding hydrogens is 334 g/mol. The van der Waals surface area contributed by atoms with Crippen LogP contribution in [0.5, 0.6) is 0 Å². The quantitative estimate of drug-likeness (QED) is 0.758. The van der Waals surface area contributed by atoms with Crippen LogP contribution >= 0.6 is 0 Å². The highest BCUT2D eigenvalue weighted by Gasteiger charge is 2.36. The van der Waals surface area contributed by atoms with E-state index in [1.807, 2.05) is 61.5 Å². The van der Waals surface area contributed by atoms with E-state index in [4.69, 9.17) is 0 Å². The maximum absolute atomic E-state index is 13.2. The summed E-state index contributed by atoms with van der Waals surface area (Å²) in [6.07, 6.45) is 5.77. The molecule has 27 heavy (non-hydrogen) atoms. The van der Waals surface area contributed by atoms with Crippen LogP contribution in [0.1, 0.15) is 44.6 Å². The van der Waals surface area contributed by atoms with Gasteiger partial charge in [0.1, 0.15) is 0 Å². The molecule has 1 fully saturated rings. The maximum Gasteiger partial charge on any atom is 0.322 e. The van der Waals surface area contributed by atoms with Crippen LogP contribution < -0.4 is 10.2 Å². The third kappa shape index (κ3) is 4.82. The van der Waals surface area contributed by atoms with Crippen molar-refractivity contribution in [1.82, 2.24) is 4.90 Å². The van der Waals surface area contributed by atoms with Crippen molar-refractivity contribution in [2.24, 2.45) is 0 Å². The van der Waals surface area contributed by atoms with E-state index in [-0.39, 0.29) is 11.6 Å². The van der Waals surface area contributed by atoms with Gasteiger partial charge in [-0.15, -0.1) is 0 Å². The van der Waals surface area contributed by atoms with Gasteiger partial charge in [0, 0.05) is 37.6 Å². The second-order valence-corrected chi connectivity index (χ2v) is 8.00. The van der Waals surface area contributed by atoms with E-state index in [2.05, 4.69) is 29.3 Å². The number of hydrogen-bond donors (Lipinski definition) is 1. The molecule has 1 aliphatic rings. The van der Waals surface area contributed by atoms with Crippen LogP contribution in [0.15, 0.2) is 54.6 Å². The number of nitrogens with zero attached hydrogens (tertiary/aromatic N) is 2. The molecule has 2 aromatic rings. The van der Waals surface area contributed by atoms with Crippen LogP contribution in [0.3, 0.4) is 0 Å². The summed E-state index contributed by atoms with van der Waals surface area (Å²) in [6, 6.07) is 18.3. The minimum atomic E-state index is -0.0955. The molecule has 0 aromatic heterocycles. The van der Waals surface area contributed by atoms with Crippen LogP contribution in [0.25, 0.3) is 0 Å². The fourth-order valence-corrected chi connectivity index (χ4v) is 3.89. The first-order valence-electron chi connectivity index (χ1n) is 9.88. The summed E-state index contributed by atoms with van der Waals surface area (Å²) in [4.78, 5) is 17.3. The topological polar surface area (TPSA) is 35.6 Å². The van der Waals surface area contributed by atoms with E-state index in [0.717, 1.165) is 24.2 Å². The Bertz CT molecular complexity index is 734. The number of carbonyl (C=O) groups excluding carboxylic acids is 1. The Labute approximate surface area is 163 Å². The molecule has 0 bridgehead atoms. The SMILES string of the molecule is CN(C)c1ccc(NC(=O)N(Cc2ccccc2)C2(C)CCCCC2)cc1. The first-order valence-corrected chi connectivity index (χ1v) is 9.88. The van der Waals surface area contributed by atoms with Crippen LogP contribution in [0.2, 0.25) is 0 Å². The Morgan fingerprint density at radius 3 is 2.19 bits per heavy atom. The molecule has 144 valence electrons. The van der Waals surface area contributed by atoms with Crippen LogP contribution in [0, 0.1) is 0 Å². The fraction of sp³-hybridized carbons (Fsp3) is 0.435. The summed E-state index contributed by atoms with van der Waals surface area (Å²) < 4.78 is 0. The Morgan fingerprint density at radius 1 is 0.963 bits per heavy atom. The van der Waals surface area contributed by atoms with Gasteiger partial charge in [0.05, 0.1) is 0 Å². The highest BCUT2D eigenvalue weighted by molar-refractivity contribution is 5.90. The van der Waals surface area contributed by atoms with Gasteiger partial charge in [0.2, 0.25) is 0 Å². The number of amides is 2. The van der Waals surface area contributed by atoms with E-state index >= 15 is 0 Å². The monoisotopic (exact) mass is 365 g/mol. The van der Waals surface area contributed by atoms with Crippen molar-refractivity contribution in [1.29, 1.82) is 0 Å². The summed E-state index contributed by atoms with van der Waals surface area (Å²) in [6.45, 7) is 2.88. The van der Waals surface area contributed by atoms with E-state index < -0.39 is 0 Å². The van der Waals surface area contributed by atoms with Crippen molar-refractivity contribution in [3.8, 4) is 0 Å². The fourth-order valence-electron chi connectivity index (χ4n) is 3.89. The van der Waals surface area contributed by atoms with E-state index in [1.54, 1.807) is 0 Å². The van der Waals surface area contributed by atoms with Crippen molar-refractivity contribution >= 4 is 17.4 Å². The lowest BCUT2D eigenvalue weighted by molar-refractivity contribution is 0.0939. The molecule has 0 unspecified atom stereocenters. The second-order valence-electron chi connectivity index (χ2n) is 8.00. The lowest BCUT2D eigenvalue weighted by Gasteiger charge is -2.44. The van der Waals surface area contributed by atoms with Crippen LogP contribution in [-0.4, -0.2) is 30.6 Å². The van der Waals surface area contributed by atoms with Gasteiger partial charge in [-0.2, -0.15) is 0 Å². The molecular formula is C23H31N3O. The van der Waals surface area contributed by atoms with E-state index in [0.29, 0.717) is 6.54 Å². The van der Waals surface area contributed by atoms with Crippen molar-refractivity contribution in [2.75, 3.05) is 24.3 Å². The van der Waals surface area contributed by atoms with Gasteiger partial charge >= 0.3 is 6.03 Å². The Kier molecular flexibility index (Phi) is 6.04. The lowest BCUT2D eigenvalue weighted by Crippen LogP contribution is -2.52. The molecule has 0 atom stereocenters. The number of anilines is 2. The summed E-state index contributed by atoms with van der Waals surface area (Å²) in [5.41, 5.74) is 3.03. The molecule has 1 aliphatic carbocycles. The molecule has 4 nitrogen and oxygen atoms in total. The number of carbonyl (C=O) groups is 1. The van der Waals surface area contributed by atoms with Gasteiger partial charge < -0.3 is 15.1 Å². The minimum Gasteiger partial charge on any atom is -0.378 e. The Hall–Kier alpha value is -2.49. The highest BCUT2D eigenvalue weighted by Crippen LogP contribution is 2.35. The zero-order chi connectivity index (χ0) is 19.3. The molecule has 4 heteroatoms. The number of hydrogen-bond acceptors (Lipinski definition) is 2. The first-order chi connectivity index (χ1) is 13.0. The van der Waals surface area contributed by atoms with Gasteiger partial charge in [0.15, 0.2) is 0 Å². The van der Waals surface area contributed by atoms with Crippen molar-refractivity contribution in [3.63, 3.8) is 0 Å². The van der Waals surface area contributed by atoms with E-state index in [9.17, 15) is 4.79 Å². The highest BCUT2D eigenvalue weighted by atomic mass is 16.2. The number of nitrogens with one attached hydrogen (secondary N) is 1.